The Kier molecular flexibility index (Phi) is 7.00. The molecule has 0 saturated heterocycles. The van der Waals surface area contributed by atoms with Gasteiger partial charge >= 0.3 is 0 Å². The van der Waals surface area contributed by atoms with Crippen molar-refractivity contribution in [3.8, 4) is 17.4 Å². The van der Waals surface area contributed by atoms with Crippen LogP contribution >= 0.6 is 0 Å². The van der Waals surface area contributed by atoms with Crippen molar-refractivity contribution in [1.82, 2.24) is 9.97 Å². The van der Waals surface area contributed by atoms with Crippen LogP contribution in [0.5, 0.6) is 17.4 Å². The minimum absolute atomic E-state index is 0.373. The van der Waals surface area contributed by atoms with E-state index in [0.29, 0.717) is 36.4 Å². The highest BCUT2D eigenvalue weighted by Crippen LogP contribution is 2.27. The zero-order valence-electron chi connectivity index (χ0n) is 16.8. The molecule has 2 aromatic carbocycles. The number of anilines is 1. The summed E-state index contributed by atoms with van der Waals surface area (Å²) in [7, 11) is 3.24. The Morgan fingerprint density at radius 1 is 1.03 bits per heavy atom. The molecular formula is C22H24N4O3. The number of nitrogens with zero attached hydrogens (tertiary/aromatic N) is 3. The lowest BCUT2D eigenvalue weighted by Gasteiger charge is -2.10. The average Bonchev–Trinajstić information content (AvgIpc) is 2.74. The molecular weight excluding hydrogens is 368 g/mol. The number of hydrogen-bond donors (Lipinski definition) is 1. The maximum absolute atomic E-state index is 5.75. The van der Waals surface area contributed by atoms with Gasteiger partial charge in [-0.2, -0.15) is 10.1 Å². The maximum atomic E-state index is 5.75. The van der Waals surface area contributed by atoms with E-state index >= 15 is 0 Å². The third-order valence-electron chi connectivity index (χ3n) is 4.14. The van der Waals surface area contributed by atoms with E-state index in [2.05, 4.69) is 20.5 Å². The first-order chi connectivity index (χ1) is 14.2. The van der Waals surface area contributed by atoms with Crippen LogP contribution in [0.4, 0.5) is 5.95 Å². The SMILES string of the molecule is COc1ccc(CCOc2ccnc(NN=Cc3cccc(C)c3)n2)cc1OC. The summed E-state index contributed by atoms with van der Waals surface area (Å²) < 4.78 is 16.3. The molecule has 0 radical (unpaired) electrons. The summed E-state index contributed by atoms with van der Waals surface area (Å²) >= 11 is 0. The van der Waals surface area contributed by atoms with Crippen molar-refractivity contribution >= 4 is 12.2 Å². The number of nitrogens with one attached hydrogen (secondary N) is 1. The van der Waals surface area contributed by atoms with Gasteiger partial charge in [0.1, 0.15) is 0 Å². The van der Waals surface area contributed by atoms with Crippen LogP contribution in [0.3, 0.4) is 0 Å². The van der Waals surface area contributed by atoms with Crippen molar-refractivity contribution in [3.63, 3.8) is 0 Å². The minimum atomic E-state index is 0.373. The highest BCUT2D eigenvalue weighted by molar-refractivity contribution is 5.80. The zero-order chi connectivity index (χ0) is 20.5. The molecule has 0 fully saturated rings. The summed E-state index contributed by atoms with van der Waals surface area (Å²) in [4.78, 5) is 8.46. The van der Waals surface area contributed by atoms with Gasteiger partial charge in [0.05, 0.1) is 27.0 Å². The number of ether oxygens (including phenoxy) is 3. The Morgan fingerprint density at radius 2 is 1.90 bits per heavy atom. The molecule has 0 amide bonds. The summed E-state index contributed by atoms with van der Waals surface area (Å²) in [5.41, 5.74) is 6.08. The van der Waals surface area contributed by atoms with E-state index in [1.165, 1.54) is 5.56 Å². The number of aromatic nitrogens is 2. The van der Waals surface area contributed by atoms with Gasteiger partial charge < -0.3 is 14.2 Å². The van der Waals surface area contributed by atoms with Crippen LogP contribution in [0, 0.1) is 6.92 Å². The molecule has 29 heavy (non-hydrogen) atoms. The molecule has 3 rings (SSSR count). The highest BCUT2D eigenvalue weighted by atomic mass is 16.5. The smallest absolute Gasteiger partial charge is 0.246 e. The molecule has 0 bridgehead atoms. The lowest BCUT2D eigenvalue weighted by Crippen LogP contribution is -2.05. The number of rotatable bonds is 9. The molecule has 0 aliphatic heterocycles. The molecule has 0 saturated carbocycles. The Labute approximate surface area is 170 Å². The molecule has 1 aromatic heterocycles. The first-order valence-corrected chi connectivity index (χ1v) is 9.20. The standard InChI is InChI=1S/C22H24N4O3/c1-16-5-4-6-18(13-16)15-24-26-22-23-11-9-21(25-22)29-12-10-17-7-8-19(27-2)20(14-17)28-3/h4-9,11,13-15H,10,12H2,1-3H3,(H,23,25,26). The lowest BCUT2D eigenvalue weighted by molar-refractivity contribution is 0.308. The van der Waals surface area contributed by atoms with Gasteiger partial charge in [-0.15, -0.1) is 0 Å². The van der Waals surface area contributed by atoms with Crippen molar-refractivity contribution in [2.45, 2.75) is 13.3 Å². The normalized spacial score (nSPS) is 10.7. The van der Waals surface area contributed by atoms with Crippen LogP contribution < -0.4 is 19.6 Å². The van der Waals surface area contributed by atoms with Gasteiger partial charge in [0.25, 0.3) is 0 Å². The zero-order valence-corrected chi connectivity index (χ0v) is 16.8. The first kappa shape index (κ1) is 20.1. The molecule has 150 valence electrons. The monoisotopic (exact) mass is 392 g/mol. The predicted octanol–water partition coefficient (Wildman–Crippen LogP) is 3.87. The van der Waals surface area contributed by atoms with Gasteiger partial charge in [0, 0.05) is 18.7 Å². The topological polar surface area (TPSA) is 77.9 Å². The Bertz CT molecular complexity index is 976. The molecule has 0 aliphatic rings. The van der Waals surface area contributed by atoms with Crippen LogP contribution in [-0.4, -0.2) is 37.0 Å². The summed E-state index contributed by atoms with van der Waals surface area (Å²) in [5.74, 6) is 2.26. The second-order valence-corrected chi connectivity index (χ2v) is 6.29. The number of methoxy groups -OCH3 is 2. The van der Waals surface area contributed by atoms with Gasteiger partial charge in [-0.1, -0.05) is 35.9 Å². The van der Waals surface area contributed by atoms with Crippen LogP contribution in [0.2, 0.25) is 0 Å². The molecule has 0 unspecified atom stereocenters. The molecule has 1 N–H and O–H groups in total. The molecule has 7 heteroatoms. The number of hydrogen-bond acceptors (Lipinski definition) is 7. The second-order valence-electron chi connectivity index (χ2n) is 6.29. The average molecular weight is 392 g/mol. The fourth-order valence-electron chi connectivity index (χ4n) is 2.70. The van der Waals surface area contributed by atoms with Crippen molar-refractivity contribution in [1.29, 1.82) is 0 Å². The van der Waals surface area contributed by atoms with Gasteiger partial charge in [-0.05, 0) is 30.2 Å². The molecule has 0 aliphatic carbocycles. The quantitative estimate of drug-likeness (QED) is 0.440. The predicted molar refractivity (Wildman–Crippen MR) is 113 cm³/mol. The third kappa shape index (κ3) is 5.93. The van der Waals surface area contributed by atoms with E-state index in [4.69, 9.17) is 14.2 Å². The fourth-order valence-corrected chi connectivity index (χ4v) is 2.70. The van der Waals surface area contributed by atoms with E-state index in [1.54, 1.807) is 32.7 Å². The highest BCUT2D eigenvalue weighted by Gasteiger charge is 2.05. The van der Waals surface area contributed by atoms with E-state index in [0.717, 1.165) is 11.1 Å². The Balaban J connectivity index is 1.53. The Morgan fingerprint density at radius 3 is 2.69 bits per heavy atom. The summed E-state index contributed by atoms with van der Waals surface area (Å²) in [6.07, 6.45) is 4.06. The summed E-state index contributed by atoms with van der Waals surface area (Å²) in [6.45, 7) is 2.51. The number of benzene rings is 2. The van der Waals surface area contributed by atoms with E-state index in [1.807, 2.05) is 49.4 Å². The summed E-state index contributed by atoms with van der Waals surface area (Å²) in [5, 5.41) is 4.18. The van der Waals surface area contributed by atoms with E-state index in [9.17, 15) is 0 Å². The van der Waals surface area contributed by atoms with Crippen molar-refractivity contribution in [2.75, 3.05) is 26.3 Å². The largest absolute Gasteiger partial charge is 0.493 e. The van der Waals surface area contributed by atoms with E-state index < -0.39 is 0 Å². The molecule has 7 nitrogen and oxygen atoms in total. The lowest BCUT2D eigenvalue weighted by atomic mass is 10.1. The van der Waals surface area contributed by atoms with Crippen molar-refractivity contribution in [3.05, 3.63) is 71.4 Å². The maximum Gasteiger partial charge on any atom is 0.246 e. The molecule has 0 atom stereocenters. The second kappa shape index (κ2) is 10.1. The van der Waals surface area contributed by atoms with Crippen LogP contribution in [0.15, 0.2) is 59.8 Å². The number of aryl methyl sites for hydroxylation is 1. The first-order valence-electron chi connectivity index (χ1n) is 9.20. The third-order valence-corrected chi connectivity index (χ3v) is 4.14. The Hall–Kier alpha value is -3.61. The van der Waals surface area contributed by atoms with Gasteiger partial charge in [0.15, 0.2) is 11.5 Å². The van der Waals surface area contributed by atoms with Crippen molar-refractivity contribution in [2.24, 2.45) is 5.10 Å². The molecule has 1 heterocycles. The van der Waals surface area contributed by atoms with Crippen LogP contribution in [0.25, 0.3) is 0 Å². The van der Waals surface area contributed by atoms with Gasteiger partial charge in [-0.25, -0.2) is 10.4 Å². The van der Waals surface area contributed by atoms with Gasteiger partial charge in [0.2, 0.25) is 11.8 Å². The fraction of sp³-hybridized carbons (Fsp3) is 0.227. The van der Waals surface area contributed by atoms with Crippen molar-refractivity contribution < 1.29 is 14.2 Å². The van der Waals surface area contributed by atoms with E-state index in [-0.39, 0.29) is 0 Å². The van der Waals surface area contributed by atoms with Gasteiger partial charge in [-0.3, -0.25) is 0 Å². The molecule has 0 spiro atoms. The number of hydrazone groups is 1. The van der Waals surface area contributed by atoms with Crippen LogP contribution in [-0.2, 0) is 6.42 Å². The summed E-state index contributed by atoms with van der Waals surface area (Å²) in [6, 6.07) is 15.6. The molecule has 3 aromatic rings. The minimum Gasteiger partial charge on any atom is -0.493 e. The van der Waals surface area contributed by atoms with Crippen LogP contribution in [0.1, 0.15) is 16.7 Å².